The molecule has 0 fully saturated rings. The van der Waals surface area contributed by atoms with Gasteiger partial charge in [-0.15, -0.1) is 0 Å². The Hall–Kier alpha value is -3.09. The molecular weight excluding hydrogens is 341 g/mol. The molecule has 1 amide bonds. The molecule has 1 atom stereocenters. The molecule has 1 N–H and O–H groups in total. The van der Waals surface area contributed by atoms with E-state index < -0.39 is 23.8 Å². The number of esters is 1. The van der Waals surface area contributed by atoms with Gasteiger partial charge >= 0.3 is 5.97 Å². The second-order valence-corrected chi connectivity index (χ2v) is 5.46. The third kappa shape index (κ3) is 4.95. The van der Waals surface area contributed by atoms with Crippen LogP contribution in [0, 0.1) is 5.82 Å². The van der Waals surface area contributed by atoms with E-state index in [4.69, 9.17) is 14.2 Å². The number of methoxy groups -OCH3 is 2. The van der Waals surface area contributed by atoms with Gasteiger partial charge in [0.1, 0.15) is 17.3 Å². The Bertz CT molecular complexity index is 776. The minimum absolute atomic E-state index is 0.263. The van der Waals surface area contributed by atoms with Gasteiger partial charge in [0.05, 0.1) is 19.8 Å². The molecule has 0 saturated carbocycles. The van der Waals surface area contributed by atoms with Crippen LogP contribution in [0.1, 0.15) is 22.8 Å². The topological polar surface area (TPSA) is 73.9 Å². The first-order valence-electron chi connectivity index (χ1n) is 7.89. The van der Waals surface area contributed by atoms with Crippen LogP contribution in [0.2, 0.25) is 0 Å². The van der Waals surface area contributed by atoms with Crippen molar-refractivity contribution in [1.29, 1.82) is 0 Å². The summed E-state index contributed by atoms with van der Waals surface area (Å²) >= 11 is 0. The SMILES string of the molecule is COc1ccc(CNC(=O)[C@H](C)OC(=O)c2ccc(OC)cc2F)cc1. The van der Waals surface area contributed by atoms with Crippen molar-refractivity contribution in [2.45, 2.75) is 19.6 Å². The largest absolute Gasteiger partial charge is 0.497 e. The quantitative estimate of drug-likeness (QED) is 0.768. The van der Waals surface area contributed by atoms with Gasteiger partial charge < -0.3 is 19.5 Å². The van der Waals surface area contributed by atoms with E-state index in [1.54, 1.807) is 19.2 Å². The molecule has 0 aliphatic heterocycles. The molecule has 0 aliphatic rings. The van der Waals surface area contributed by atoms with Crippen LogP contribution >= 0.6 is 0 Å². The lowest BCUT2D eigenvalue weighted by atomic mass is 10.2. The van der Waals surface area contributed by atoms with Gasteiger partial charge in [0.15, 0.2) is 6.10 Å². The van der Waals surface area contributed by atoms with Crippen molar-refractivity contribution in [3.05, 3.63) is 59.4 Å². The standard InChI is InChI=1S/C19H20FNO5/c1-12(18(22)21-11-13-4-6-14(24-2)7-5-13)26-19(23)16-9-8-15(25-3)10-17(16)20/h4-10,12H,11H2,1-3H3,(H,21,22)/t12-/m0/s1. The molecule has 0 aliphatic carbocycles. The van der Waals surface area contributed by atoms with Crippen molar-refractivity contribution in [1.82, 2.24) is 5.32 Å². The molecule has 2 aromatic carbocycles. The third-order valence-corrected chi connectivity index (χ3v) is 3.68. The maximum absolute atomic E-state index is 13.9. The second kappa shape index (κ2) is 8.84. The first kappa shape index (κ1) is 19.2. The number of nitrogens with one attached hydrogen (secondary N) is 1. The minimum Gasteiger partial charge on any atom is -0.497 e. The number of hydrogen-bond donors (Lipinski definition) is 1. The molecule has 6 nitrogen and oxygen atoms in total. The van der Waals surface area contributed by atoms with E-state index in [9.17, 15) is 14.0 Å². The van der Waals surface area contributed by atoms with Crippen LogP contribution < -0.4 is 14.8 Å². The molecular formula is C19H20FNO5. The summed E-state index contributed by atoms with van der Waals surface area (Å²) in [5.41, 5.74) is 0.597. The van der Waals surface area contributed by atoms with Crippen molar-refractivity contribution >= 4 is 11.9 Å². The number of carbonyl (C=O) groups is 2. The van der Waals surface area contributed by atoms with Gasteiger partial charge in [0, 0.05) is 12.6 Å². The Morgan fingerprint density at radius 1 is 1.04 bits per heavy atom. The van der Waals surface area contributed by atoms with Gasteiger partial charge in [0.2, 0.25) is 0 Å². The molecule has 26 heavy (non-hydrogen) atoms. The maximum atomic E-state index is 13.9. The molecule has 0 radical (unpaired) electrons. The lowest BCUT2D eigenvalue weighted by Gasteiger charge is -2.14. The van der Waals surface area contributed by atoms with Crippen molar-refractivity contribution in [2.24, 2.45) is 0 Å². The van der Waals surface area contributed by atoms with Crippen LogP contribution in [0.4, 0.5) is 4.39 Å². The predicted octanol–water partition coefficient (Wildman–Crippen LogP) is 2.70. The molecule has 2 aromatic rings. The molecule has 0 heterocycles. The van der Waals surface area contributed by atoms with E-state index in [0.717, 1.165) is 11.6 Å². The normalized spacial score (nSPS) is 11.4. The van der Waals surface area contributed by atoms with Gasteiger partial charge in [-0.1, -0.05) is 12.1 Å². The molecule has 0 aromatic heterocycles. The Labute approximate surface area is 150 Å². The van der Waals surface area contributed by atoms with Gasteiger partial charge in [0.25, 0.3) is 5.91 Å². The fraction of sp³-hybridized carbons (Fsp3) is 0.263. The van der Waals surface area contributed by atoms with E-state index >= 15 is 0 Å². The molecule has 7 heteroatoms. The van der Waals surface area contributed by atoms with E-state index in [-0.39, 0.29) is 17.9 Å². The smallest absolute Gasteiger partial charge is 0.341 e. The molecule has 0 bridgehead atoms. The lowest BCUT2D eigenvalue weighted by Crippen LogP contribution is -2.35. The molecule has 2 rings (SSSR count). The first-order chi connectivity index (χ1) is 12.4. The van der Waals surface area contributed by atoms with Crippen LogP contribution in [-0.2, 0) is 16.1 Å². The Kier molecular flexibility index (Phi) is 6.54. The van der Waals surface area contributed by atoms with E-state index in [0.29, 0.717) is 5.75 Å². The highest BCUT2D eigenvalue weighted by molar-refractivity contribution is 5.92. The summed E-state index contributed by atoms with van der Waals surface area (Å²) in [6, 6.07) is 10.9. The van der Waals surface area contributed by atoms with E-state index in [1.165, 1.54) is 26.2 Å². The molecule has 0 saturated heterocycles. The van der Waals surface area contributed by atoms with Gasteiger partial charge in [-0.3, -0.25) is 4.79 Å². The minimum atomic E-state index is -1.07. The zero-order valence-corrected chi connectivity index (χ0v) is 14.7. The summed E-state index contributed by atoms with van der Waals surface area (Å²) < 4.78 is 28.8. The maximum Gasteiger partial charge on any atom is 0.341 e. The van der Waals surface area contributed by atoms with Crippen molar-refractivity contribution in [3.8, 4) is 11.5 Å². The van der Waals surface area contributed by atoms with Crippen molar-refractivity contribution in [2.75, 3.05) is 14.2 Å². The summed E-state index contributed by atoms with van der Waals surface area (Å²) in [5, 5.41) is 2.66. The fourth-order valence-electron chi connectivity index (χ4n) is 2.14. The number of halogens is 1. The fourth-order valence-corrected chi connectivity index (χ4v) is 2.14. The highest BCUT2D eigenvalue weighted by Gasteiger charge is 2.21. The van der Waals surface area contributed by atoms with E-state index in [2.05, 4.69) is 5.32 Å². The predicted molar refractivity (Wildman–Crippen MR) is 92.7 cm³/mol. The number of amides is 1. The average Bonchev–Trinajstić information content (AvgIpc) is 2.66. The van der Waals surface area contributed by atoms with Crippen molar-refractivity contribution in [3.63, 3.8) is 0 Å². The molecule has 0 spiro atoms. The van der Waals surface area contributed by atoms with E-state index in [1.807, 2.05) is 12.1 Å². The third-order valence-electron chi connectivity index (χ3n) is 3.68. The molecule has 138 valence electrons. The summed E-state index contributed by atoms with van der Waals surface area (Å²) in [5.74, 6) is -1.19. The lowest BCUT2D eigenvalue weighted by molar-refractivity contribution is -0.129. The highest BCUT2D eigenvalue weighted by Crippen LogP contribution is 2.17. The average molecular weight is 361 g/mol. The second-order valence-electron chi connectivity index (χ2n) is 5.46. The monoisotopic (exact) mass is 361 g/mol. The number of hydrogen-bond acceptors (Lipinski definition) is 5. The first-order valence-corrected chi connectivity index (χ1v) is 7.89. The van der Waals surface area contributed by atoms with Crippen LogP contribution in [-0.4, -0.2) is 32.2 Å². The van der Waals surface area contributed by atoms with Gasteiger partial charge in [-0.25, -0.2) is 9.18 Å². The Morgan fingerprint density at radius 3 is 2.23 bits per heavy atom. The van der Waals surface area contributed by atoms with Crippen molar-refractivity contribution < 1.29 is 28.2 Å². The summed E-state index contributed by atoms with van der Waals surface area (Å²) in [6.45, 7) is 1.68. The van der Waals surface area contributed by atoms with Crippen LogP contribution in [0.3, 0.4) is 0 Å². The van der Waals surface area contributed by atoms with Crippen LogP contribution in [0.25, 0.3) is 0 Å². The summed E-state index contributed by atoms with van der Waals surface area (Å²) in [7, 11) is 2.96. The van der Waals surface area contributed by atoms with Gasteiger partial charge in [-0.05, 0) is 36.8 Å². The Balaban J connectivity index is 1.90. The molecule has 0 unspecified atom stereocenters. The number of rotatable bonds is 7. The van der Waals surface area contributed by atoms with Gasteiger partial charge in [-0.2, -0.15) is 0 Å². The number of ether oxygens (including phenoxy) is 3. The zero-order chi connectivity index (χ0) is 19.1. The number of carbonyl (C=O) groups excluding carboxylic acids is 2. The summed E-state index contributed by atoms with van der Waals surface area (Å²) in [4.78, 5) is 24.1. The zero-order valence-electron chi connectivity index (χ0n) is 14.7. The van der Waals surface area contributed by atoms with Crippen LogP contribution in [0.5, 0.6) is 11.5 Å². The summed E-state index contributed by atoms with van der Waals surface area (Å²) in [6.07, 6.45) is -1.07. The Morgan fingerprint density at radius 2 is 1.65 bits per heavy atom. The number of benzene rings is 2. The van der Waals surface area contributed by atoms with Crippen LogP contribution in [0.15, 0.2) is 42.5 Å². The highest BCUT2D eigenvalue weighted by atomic mass is 19.1.